The van der Waals surface area contributed by atoms with Gasteiger partial charge in [-0.2, -0.15) is 13.2 Å². The summed E-state index contributed by atoms with van der Waals surface area (Å²) in [4.78, 5) is 14.5. The minimum atomic E-state index is -4.22. The van der Waals surface area contributed by atoms with E-state index < -0.39 is 12.6 Å². The van der Waals surface area contributed by atoms with Crippen LogP contribution in [0.25, 0.3) is 10.2 Å². The zero-order valence-electron chi connectivity index (χ0n) is 20.0. The Balaban J connectivity index is 1.22. The van der Waals surface area contributed by atoms with E-state index >= 15 is 0 Å². The van der Waals surface area contributed by atoms with Crippen molar-refractivity contribution < 1.29 is 13.2 Å². The number of alkyl halides is 3. The Labute approximate surface area is 212 Å². The van der Waals surface area contributed by atoms with Crippen LogP contribution in [0.3, 0.4) is 0 Å². The molecule has 0 N–H and O–H groups in total. The maximum Gasteiger partial charge on any atom is 0.393 e. The molecule has 2 aliphatic heterocycles. The van der Waals surface area contributed by atoms with Crippen molar-refractivity contribution in [3.8, 4) is 0 Å². The molecular formula is C25H30F3N5S2. The van der Waals surface area contributed by atoms with Crippen LogP contribution in [0.5, 0.6) is 0 Å². The molecule has 2 saturated heterocycles. The molecule has 0 saturated carbocycles. The summed E-state index contributed by atoms with van der Waals surface area (Å²) in [5.74, 6) is 1.76. The van der Waals surface area contributed by atoms with Crippen LogP contribution in [0.1, 0.15) is 28.8 Å². The number of hydrogen-bond donors (Lipinski definition) is 0. The number of nitrogens with zero attached hydrogens (tertiary/aromatic N) is 5. The zero-order chi connectivity index (χ0) is 24.6. The first-order chi connectivity index (χ1) is 16.7. The molecule has 5 nitrogen and oxygen atoms in total. The summed E-state index contributed by atoms with van der Waals surface area (Å²) < 4.78 is 40.8. The second-order valence-electron chi connectivity index (χ2n) is 9.96. The first-order valence-corrected chi connectivity index (χ1v) is 13.6. The van der Waals surface area contributed by atoms with Gasteiger partial charge in [0, 0.05) is 42.2 Å². The maximum atomic E-state index is 12.9. The largest absolute Gasteiger partial charge is 0.393 e. The topological polar surface area (TPSA) is 35.5 Å². The molecule has 4 heterocycles. The van der Waals surface area contributed by atoms with E-state index in [2.05, 4.69) is 62.4 Å². The molecule has 0 amide bonds. The zero-order valence-corrected chi connectivity index (χ0v) is 21.6. The van der Waals surface area contributed by atoms with Crippen LogP contribution in [-0.2, 0) is 18.7 Å². The Hall–Kier alpha value is -1.88. The number of rotatable bonds is 7. The van der Waals surface area contributed by atoms with Gasteiger partial charge in [-0.25, -0.2) is 9.97 Å². The van der Waals surface area contributed by atoms with Gasteiger partial charge in [0.15, 0.2) is 0 Å². The summed E-state index contributed by atoms with van der Waals surface area (Å²) in [5, 5.41) is 0.746. The van der Waals surface area contributed by atoms with Crippen molar-refractivity contribution in [1.82, 2.24) is 19.2 Å². The van der Waals surface area contributed by atoms with Gasteiger partial charge in [0.2, 0.25) is 0 Å². The van der Waals surface area contributed by atoms with Crippen molar-refractivity contribution in [2.75, 3.05) is 45.2 Å². The van der Waals surface area contributed by atoms with E-state index in [1.165, 1.54) is 17.5 Å². The predicted molar refractivity (Wildman–Crippen MR) is 138 cm³/mol. The van der Waals surface area contributed by atoms with Crippen molar-refractivity contribution in [3.63, 3.8) is 0 Å². The highest BCUT2D eigenvalue weighted by molar-refractivity contribution is 7.96. The van der Waals surface area contributed by atoms with E-state index in [0.29, 0.717) is 9.71 Å². The summed E-state index contributed by atoms with van der Waals surface area (Å²) in [6.45, 7) is 4.83. The number of benzene rings is 1. The Kier molecular flexibility index (Phi) is 7.00. The van der Waals surface area contributed by atoms with Crippen molar-refractivity contribution in [3.05, 3.63) is 52.7 Å². The normalized spacial score (nSPS) is 21.3. The highest BCUT2D eigenvalue weighted by Crippen LogP contribution is 2.43. The molecule has 5 rings (SSSR count). The first kappa shape index (κ1) is 24.8. The summed E-state index contributed by atoms with van der Waals surface area (Å²) in [5.41, 5.74) is 2.88. The lowest BCUT2D eigenvalue weighted by atomic mass is 9.86. The molecule has 0 radical (unpaired) electrons. The molecule has 188 valence electrons. The fraction of sp³-hybridized carbons (Fsp3) is 0.520. The molecule has 1 unspecified atom stereocenters. The van der Waals surface area contributed by atoms with Crippen LogP contribution in [0.4, 0.5) is 19.0 Å². The third kappa shape index (κ3) is 5.93. The average molecular weight is 522 g/mol. The summed E-state index contributed by atoms with van der Waals surface area (Å²) in [6.07, 6.45) is -1.43. The Morgan fingerprint density at radius 3 is 2.54 bits per heavy atom. The summed E-state index contributed by atoms with van der Waals surface area (Å²) >= 11 is 2.92. The number of thiophene rings is 1. The maximum absolute atomic E-state index is 12.9. The van der Waals surface area contributed by atoms with Crippen LogP contribution in [0, 0.1) is 5.41 Å². The minimum absolute atomic E-state index is 0.213. The number of fused-ring (bicyclic) bond motifs is 1. The predicted octanol–water partition coefficient (Wildman–Crippen LogP) is 5.61. The molecule has 1 aromatic carbocycles. The fourth-order valence-electron chi connectivity index (χ4n) is 5.24. The van der Waals surface area contributed by atoms with Crippen molar-refractivity contribution in [2.45, 2.75) is 37.7 Å². The van der Waals surface area contributed by atoms with E-state index in [9.17, 15) is 13.2 Å². The van der Waals surface area contributed by atoms with Gasteiger partial charge in [0.1, 0.15) is 17.0 Å². The Bertz CT molecular complexity index is 1160. The van der Waals surface area contributed by atoms with Gasteiger partial charge < -0.3 is 4.90 Å². The molecule has 0 aliphatic carbocycles. The molecule has 10 heteroatoms. The lowest BCUT2D eigenvalue weighted by molar-refractivity contribution is -0.126. The van der Waals surface area contributed by atoms with Gasteiger partial charge in [0.25, 0.3) is 0 Å². The van der Waals surface area contributed by atoms with Crippen LogP contribution >= 0.6 is 23.3 Å². The van der Waals surface area contributed by atoms with Gasteiger partial charge in [-0.3, -0.25) is 9.21 Å². The number of anilines is 1. The lowest BCUT2D eigenvalue weighted by Crippen LogP contribution is -2.31. The highest BCUT2D eigenvalue weighted by atomic mass is 32.2. The van der Waals surface area contributed by atoms with E-state index in [0.717, 1.165) is 73.9 Å². The Morgan fingerprint density at radius 1 is 1.06 bits per heavy atom. The second-order valence-corrected chi connectivity index (χ2v) is 12.3. The third-order valence-corrected chi connectivity index (χ3v) is 8.93. The summed E-state index contributed by atoms with van der Waals surface area (Å²) in [6, 6.07) is 10.6. The van der Waals surface area contributed by atoms with Gasteiger partial charge in [-0.05, 0) is 50.7 Å². The molecular weight excluding hydrogens is 491 g/mol. The lowest BCUT2D eigenvalue weighted by Gasteiger charge is -2.25. The monoisotopic (exact) mass is 521 g/mol. The molecule has 3 aromatic rings. The molecule has 0 bridgehead atoms. The fourth-order valence-corrected chi connectivity index (χ4v) is 6.86. The van der Waals surface area contributed by atoms with E-state index in [4.69, 9.17) is 0 Å². The van der Waals surface area contributed by atoms with Gasteiger partial charge >= 0.3 is 6.18 Å². The van der Waals surface area contributed by atoms with Crippen LogP contribution < -0.4 is 4.90 Å². The van der Waals surface area contributed by atoms with Crippen molar-refractivity contribution in [1.29, 1.82) is 0 Å². The minimum Gasteiger partial charge on any atom is -0.355 e. The SMILES string of the molecule is CN(C)SCc1ccc(CN2CCC3(CCN(c4ncnc5sc(CC(F)(F)F)cc45)C3)C2)cc1. The Morgan fingerprint density at radius 2 is 1.80 bits per heavy atom. The quantitative estimate of drug-likeness (QED) is 0.376. The smallest absolute Gasteiger partial charge is 0.355 e. The third-order valence-electron chi connectivity index (χ3n) is 6.91. The van der Waals surface area contributed by atoms with E-state index in [1.807, 2.05) is 0 Å². The van der Waals surface area contributed by atoms with Gasteiger partial charge in [-0.15, -0.1) is 11.3 Å². The molecule has 2 aromatic heterocycles. The van der Waals surface area contributed by atoms with Crippen molar-refractivity contribution in [2.24, 2.45) is 5.41 Å². The number of aromatic nitrogens is 2. The molecule has 1 spiro atoms. The number of likely N-dealkylation sites (tertiary alicyclic amines) is 1. The molecule has 2 aliphatic rings. The molecule has 2 fully saturated rings. The van der Waals surface area contributed by atoms with Crippen LogP contribution in [0.15, 0.2) is 36.7 Å². The number of halogens is 3. The first-order valence-electron chi connectivity index (χ1n) is 11.8. The highest BCUT2D eigenvalue weighted by Gasteiger charge is 2.44. The van der Waals surface area contributed by atoms with Crippen molar-refractivity contribution >= 4 is 39.3 Å². The van der Waals surface area contributed by atoms with E-state index in [-0.39, 0.29) is 5.41 Å². The van der Waals surface area contributed by atoms with E-state index in [1.54, 1.807) is 18.0 Å². The van der Waals surface area contributed by atoms with Gasteiger partial charge in [0.05, 0.1) is 11.8 Å². The number of hydrogen-bond acceptors (Lipinski definition) is 7. The summed E-state index contributed by atoms with van der Waals surface area (Å²) in [7, 11) is 4.12. The average Bonchev–Trinajstić information content (AvgIpc) is 3.50. The second kappa shape index (κ2) is 9.88. The standard InChI is InChI=1S/C25H30F3N5S2/c1-31(2)34-14-19-5-3-18(4-6-19)13-32-9-7-24(15-32)8-10-33(16-24)22-21-11-20(12-25(26,27)28)35-23(21)30-17-29-22/h3-6,11,17H,7-10,12-16H2,1-2H3. The van der Waals surface area contributed by atoms with Crippen LogP contribution in [0.2, 0.25) is 0 Å². The molecule has 1 atom stereocenters. The van der Waals surface area contributed by atoms with Crippen LogP contribution in [-0.4, -0.2) is 65.6 Å². The van der Waals surface area contributed by atoms with Gasteiger partial charge in [-0.1, -0.05) is 36.2 Å². The molecule has 35 heavy (non-hydrogen) atoms.